The highest BCUT2D eigenvalue weighted by Crippen LogP contribution is 2.23. The van der Waals surface area contributed by atoms with Crippen LogP contribution in [0.2, 0.25) is 0 Å². The molecule has 0 N–H and O–H groups in total. The van der Waals surface area contributed by atoms with E-state index in [0.717, 1.165) is 24.3 Å². The summed E-state index contributed by atoms with van der Waals surface area (Å²) in [4.78, 5) is 0. The first-order chi connectivity index (χ1) is 14.4. The molecule has 2 aromatic rings. The first-order valence-corrected chi connectivity index (χ1v) is 11.2. The summed E-state index contributed by atoms with van der Waals surface area (Å²) in [6.07, 6.45) is 1.58. The molecule has 0 radical (unpaired) electrons. The molecule has 0 aromatic heterocycles. The molecule has 30 heavy (non-hydrogen) atoms. The lowest BCUT2D eigenvalue weighted by atomic mass is 9.99. The van der Waals surface area contributed by atoms with Gasteiger partial charge in [-0.3, -0.25) is 0 Å². The van der Waals surface area contributed by atoms with Gasteiger partial charge in [0.1, 0.15) is 11.5 Å². The van der Waals surface area contributed by atoms with Crippen LogP contribution in [0.5, 0.6) is 11.5 Å². The summed E-state index contributed by atoms with van der Waals surface area (Å²) in [5.74, 6) is 2.75. The third-order valence-corrected chi connectivity index (χ3v) is 5.52. The number of ether oxygens (including phenoxy) is 4. The molecule has 2 aromatic carbocycles. The molecule has 0 amide bonds. The second-order valence-corrected chi connectivity index (χ2v) is 7.87. The highest BCUT2D eigenvalue weighted by atomic mass is 16.7. The van der Waals surface area contributed by atoms with Gasteiger partial charge >= 0.3 is 0 Å². The van der Waals surface area contributed by atoms with Gasteiger partial charge in [-0.2, -0.15) is 0 Å². The van der Waals surface area contributed by atoms with Gasteiger partial charge in [0, 0.05) is 0 Å². The van der Waals surface area contributed by atoms with Gasteiger partial charge in [-0.25, -0.2) is 0 Å². The first-order valence-electron chi connectivity index (χ1n) is 11.2. The standard InChI is InChI=1S/C26H38O4/c1-7-19(3)23-9-13-25(14-10-23)29-21(5)27-17-18-28-22(6)30-26-15-11-24(12-16-26)20(4)8-2/h9-16,19-22H,7-8,17-18H2,1-6H3. The second kappa shape index (κ2) is 12.6. The number of hydrogen-bond donors (Lipinski definition) is 0. The molecule has 0 fully saturated rings. The third kappa shape index (κ3) is 8.00. The topological polar surface area (TPSA) is 36.9 Å². The molecule has 0 aliphatic rings. The summed E-state index contributed by atoms with van der Waals surface area (Å²) in [5.41, 5.74) is 2.66. The van der Waals surface area contributed by atoms with Crippen molar-refractivity contribution >= 4 is 0 Å². The minimum Gasteiger partial charge on any atom is -0.465 e. The maximum atomic E-state index is 5.82. The van der Waals surface area contributed by atoms with E-state index in [1.165, 1.54) is 11.1 Å². The Bertz CT molecular complexity index is 647. The Balaban J connectivity index is 1.65. The number of benzene rings is 2. The average Bonchev–Trinajstić information content (AvgIpc) is 2.76. The van der Waals surface area contributed by atoms with Crippen molar-refractivity contribution in [1.82, 2.24) is 0 Å². The fraction of sp³-hybridized carbons (Fsp3) is 0.538. The Hall–Kier alpha value is -2.04. The molecule has 2 rings (SSSR count). The van der Waals surface area contributed by atoms with Crippen molar-refractivity contribution in [3.05, 3.63) is 59.7 Å². The molecule has 4 heteroatoms. The van der Waals surface area contributed by atoms with Crippen LogP contribution >= 0.6 is 0 Å². The van der Waals surface area contributed by atoms with Crippen LogP contribution in [-0.4, -0.2) is 25.8 Å². The Kier molecular flexibility index (Phi) is 10.2. The summed E-state index contributed by atoms with van der Waals surface area (Å²) in [6, 6.07) is 16.5. The molecule has 0 saturated carbocycles. The third-order valence-electron chi connectivity index (χ3n) is 5.52. The molecular weight excluding hydrogens is 376 g/mol. The highest BCUT2D eigenvalue weighted by Gasteiger charge is 2.09. The summed E-state index contributed by atoms with van der Waals surface area (Å²) >= 11 is 0. The van der Waals surface area contributed by atoms with Crippen LogP contribution in [0.3, 0.4) is 0 Å². The molecule has 4 unspecified atom stereocenters. The van der Waals surface area contributed by atoms with Crippen LogP contribution in [-0.2, 0) is 9.47 Å². The van der Waals surface area contributed by atoms with E-state index < -0.39 is 0 Å². The van der Waals surface area contributed by atoms with E-state index in [9.17, 15) is 0 Å². The number of hydrogen-bond acceptors (Lipinski definition) is 4. The van der Waals surface area contributed by atoms with Gasteiger partial charge in [-0.05, 0) is 73.9 Å². The molecule has 0 spiro atoms. The first kappa shape index (κ1) is 24.2. The molecule has 0 bridgehead atoms. The van der Waals surface area contributed by atoms with E-state index in [-0.39, 0.29) is 12.6 Å². The zero-order valence-electron chi connectivity index (χ0n) is 19.4. The van der Waals surface area contributed by atoms with Crippen LogP contribution < -0.4 is 9.47 Å². The molecule has 0 heterocycles. The van der Waals surface area contributed by atoms with E-state index in [0.29, 0.717) is 25.0 Å². The minimum atomic E-state index is -0.340. The van der Waals surface area contributed by atoms with E-state index in [4.69, 9.17) is 18.9 Å². The normalized spacial score (nSPS) is 15.3. The van der Waals surface area contributed by atoms with Gasteiger partial charge in [-0.1, -0.05) is 52.0 Å². The Morgan fingerprint density at radius 1 is 0.567 bits per heavy atom. The van der Waals surface area contributed by atoms with Crippen molar-refractivity contribution in [3.8, 4) is 11.5 Å². The monoisotopic (exact) mass is 414 g/mol. The fourth-order valence-electron chi connectivity index (χ4n) is 3.10. The molecule has 0 aliphatic carbocycles. The lowest BCUT2D eigenvalue weighted by Crippen LogP contribution is -2.23. The van der Waals surface area contributed by atoms with Crippen LogP contribution in [0.1, 0.15) is 77.3 Å². The highest BCUT2D eigenvalue weighted by molar-refractivity contribution is 5.30. The Labute approximate surface area is 182 Å². The predicted octanol–water partition coefficient (Wildman–Crippen LogP) is 6.90. The summed E-state index contributed by atoms with van der Waals surface area (Å²) in [5, 5.41) is 0. The van der Waals surface area contributed by atoms with Gasteiger partial charge in [0.25, 0.3) is 0 Å². The Morgan fingerprint density at radius 2 is 0.900 bits per heavy atom. The summed E-state index contributed by atoms with van der Waals surface area (Å²) in [7, 11) is 0. The second-order valence-electron chi connectivity index (χ2n) is 7.87. The maximum Gasteiger partial charge on any atom is 0.197 e. The van der Waals surface area contributed by atoms with Gasteiger partial charge in [0.2, 0.25) is 0 Å². The Morgan fingerprint density at radius 3 is 1.20 bits per heavy atom. The van der Waals surface area contributed by atoms with E-state index >= 15 is 0 Å². The average molecular weight is 415 g/mol. The van der Waals surface area contributed by atoms with Gasteiger partial charge in [-0.15, -0.1) is 0 Å². The van der Waals surface area contributed by atoms with Crippen molar-refractivity contribution in [3.63, 3.8) is 0 Å². The zero-order valence-corrected chi connectivity index (χ0v) is 19.4. The van der Waals surface area contributed by atoms with Crippen molar-refractivity contribution in [2.75, 3.05) is 13.2 Å². The van der Waals surface area contributed by atoms with Gasteiger partial charge in [0.15, 0.2) is 12.6 Å². The SMILES string of the molecule is CCC(C)c1ccc(OC(C)OCCOC(C)Oc2ccc(C(C)CC)cc2)cc1. The van der Waals surface area contributed by atoms with Crippen LogP contribution in [0.25, 0.3) is 0 Å². The van der Waals surface area contributed by atoms with Gasteiger partial charge in [0.05, 0.1) is 13.2 Å². The van der Waals surface area contributed by atoms with E-state index in [2.05, 4.69) is 52.0 Å². The van der Waals surface area contributed by atoms with Crippen LogP contribution in [0.4, 0.5) is 0 Å². The van der Waals surface area contributed by atoms with E-state index in [1.54, 1.807) is 0 Å². The lowest BCUT2D eigenvalue weighted by Gasteiger charge is -2.19. The quantitative estimate of drug-likeness (QED) is 0.264. The molecule has 0 aliphatic heterocycles. The minimum absolute atomic E-state index is 0.340. The smallest absolute Gasteiger partial charge is 0.197 e. The van der Waals surface area contributed by atoms with E-state index in [1.807, 2.05) is 38.1 Å². The molecular formula is C26H38O4. The largest absolute Gasteiger partial charge is 0.465 e. The van der Waals surface area contributed by atoms with Crippen LogP contribution in [0, 0.1) is 0 Å². The fourth-order valence-corrected chi connectivity index (χ4v) is 3.10. The predicted molar refractivity (Wildman–Crippen MR) is 122 cm³/mol. The maximum absolute atomic E-state index is 5.82. The van der Waals surface area contributed by atoms with Crippen molar-refractivity contribution in [1.29, 1.82) is 0 Å². The number of rotatable bonds is 13. The summed E-state index contributed by atoms with van der Waals surface area (Å²) in [6.45, 7) is 13.5. The molecule has 166 valence electrons. The zero-order chi connectivity index (χ0) is 21.9. The van der Waals surface area contributed by atoms with Gasteiger partial charge < -0.3 is 18.9 Å². The molecule has 0 saturated heterocycles. The molecule has 4 nitrogen and oxygen atoms in total. The van der Waals surface area contributed by atoms with Crippen LogP contribution in [0.15, 0.2) is 48.5 Å². The van der Waals surface area contributed by atoms with Crippen molar-refractivity contribution < 1.29 is 18.9 Å². The van der Waals surface area contributed by atoms with Crippen molar-refractivity contribution in [2.45, 2.75) is 78.8 Å². The lowest BCUT2D eigenvalue weighted by molar-refractivity contribution is -0.119. The summed E-state index contributed by atoms with van der Waals surface area (Å²) < 4.78 is 23.0. The van der Waals surface area contributed by atoms with Crippen molar-refractivity contribution in [2.24, 2.45) is 0 Å². The molecule has 4 atom stereocenters.